The molecule has 0 aromatic heterocycles. The molecule has 3 atom stereocenters. The summed E-state index contributed by atoms with van der Waals surface area (Å²) in [7, 11) is 0. The fourth-order valence-electron chi connectivity index (χ4n) is 2.91. The zero-order valence-electron chi connectivity index (χ0n) is 10.9. The van der Waals surface area contributed by atoms with E-state index < -0.39 is 0 Å². The molecule has 2 aliphatic rings. The number of imide groups is 1. The number of piperidine rings is 1. The molecular formula is C13H22N2O2. The standard InChI is InChI=1S/C13H22N2O2/c1-8-9(2)13(17)15(12(8)16)10(3)11-4-6-14-7-5-11/h8-11,14H,4-7H2,1-3H3. The fraction of sp³-hybridized carbons (Fsp3) is 0.846. The van der Waals surface area contributed by atoms with Crippen molar-refractivity contribution in [1.29, 1.82) is 0 Å². The van der Waals surface area contributed by atoms with Gasteiger partial charge in [0, 0.05) is 17.9 Å². The molecule has 2 amide bonds. The van der Waals surface area contributed by atoms with E-state index >= 15 is 0 Å². The molecule has 0 bridgehead atoms. The molecular weight excluding hydrogens is 216 g/mol. The van der Waals surface area contributed by atoms with E-state index in [1.165, 1.54) is 4.90 Å². The van der Waals surface area contributed by atoms with Crippen molar-refractivity contribution >= 4 is 11.8 Å². The highest BCUT2D eigenvalue weighted by Gasteiger charge is 2.45. The van der Waals surface area contributed by atoms with E-state index in [4.69, 9.17) is 0 Å². The molecule has 0 aromatic rings. The zero-order valence-corrected chi connectivity index (χ0v) is 10.9. The van der Waals surface area contributed by atoms with Crippen LogP contribution in [0, 0.1) is 17.8 Å². The van der Waals surface area contributed by atoms with Crippen molar-refractivity contribution in [1.82, 2.24) is 10.2 Å². The summed E-state index contributed by atoms with van der Waals surface area (Å²) in [5.74, 6) is 0.210. The third-order valence-electron chi connectivity index (χ3n) is 4.48. The first-order chi connectivity index (χ1) is 8.04. The van der Waals surface area contributed by atoms with E-state index in [1.54, 1.807) is 0 Å². The van der Waals surface area contributed by atoms with Crippen molar-refractivity contribution in [2.45, 2.75) is 39.7 Å². The Morgan fingerprint density at radius 3 is 2.06 bits per heavy atom. The normalized spacial score (nSPS) is 33.2. The van der Waals surface area contributed by atoms with E-state index in [0.717, 1.165) is 25.9 Å². The molecule has 96 valence electrons. The Kier molecular flexibility index (Phi) is 3.52. The van der Waals surface area contributed by atoms with Gasteiger partial charge in [0.15, 0.2) is 0 Å². The Labute approximate surface area is 103 Å². The molecule has 0 spiro atoms. The summed E-state index contributed by atoms with van der Waals surface area (Å²) in [5.41, 5.74) is 0. The largest absolute Gasteiger partial charge is 0.317 e. The number of rotatable bonds is 2. The average molecular weight is 238 g/mol. The number of carbonyl (C=O) groups excluding carboxylic acids is 2. The lowest BCUT2D eigenvalue weighted by molar-refractivity contribution is -0.143. The Hall–Kier alpha value is -0.900. The first-order valence-corrected chi connectivity index (χ1v) is 6.61. The van der Waals surface area contributed by atoms with Crippen LogP contribution in [0.15, 0.2) is 0 Å². The van der Waals surface area contributed by atoms with Crippen LogP contribution in [-0.2, 0) is 9.59 Å². The van der Waals surface area contributed by atoms with Gasteiger partial charge in [0.05, 0.1) is 0 Å². The van der Waals surface area contributed by atoms with Gasteiger partial charge in [-0.05, 0) is 38.8 Å². The first kappa shape index (κ1) is 12.6. The second-order valence-corrected chi connectivity index (χ2v) is 5.45. The van der Waals surface area contributed by atoms with Crippen LogP contribution in [0.4, 0.5) is 0 Å². The summed E-state index contributed by atoms with van der Waals surface area (Å²) in [4.78, 5) is 25.7. The maximum Gasteiger partial charge on any atom is 0.233 e. The molecule has 2 saturated heterocycles. The second kappa shape index (κ2) is 4.77. The Balaban J connectivity index is 2.10. The summed E-state index contributed by atoms with van der Waals surface area (Å²) in [6.45, 7) is 7.74. The summed E-state index contributed by atoms with van der Waals surface area (Å²) >= 11 is 0. The topological polar surface area (TPSA) is 49.4 Å². The summed E-state index contributed by atoms with van der Waals surface area (Å²) in [6.07, 6.45) is 2.11. The lowest BCUT2D eigenvalue weighted by Gasteiger charge is -2.33. The van der Waals surface area contributed by atoms with Crippen LogP contribution in [0.25, 0.3) is 0 Å². The molecule has 2 rings (SSSR count). The average Bonchev–Trinajstić information content (AvgIpc) is 2.54. The van der Waals surface area contributed by atoms with Crippen LogP contribution in [0.5, 0.6) is 0 Å². The van der Waals surface area contributed by atoms with Gasteiger partial charge in [0.25, 0.3) is 0 Å². The van der Waals surface area contributed by atoms with E-state index in [2.05, 4.69) is 5.32 Å². The van der Waals surface area contributed by atoms with E-state index in [1.807, 2.05) is 20.8 Å². The molecule has 0 saturated carbocycles. The van der Waals surface area contributed by atoms with Gasteiger partial charge < -0.3 is 5.32 Å². The molecule has 3 unspecified atom stereocenters. The van der Waals surface area contributed by atoms with Gasteiger partial charge in [-0.15, -0.1) is 0 Å². The third-order valence-corrected chi connectivity index (χ3v) is 4.48. The van der Waals surface area contributed by atoms with Crippen LogP contribution < -0.4 is 5.32 Å². The molecule has 2 fully saturated rings. The molecule has 2 aliphatic heterocycles. The van der Waals surface area contributed by atoms with Crippen molar-refractivity contribution in [2.75, 3.05) is 13.1 Å². The van der Waals surface area contributed by atoms with E-state index in [9.17, 15) is 9.59 Å². The molecule has 0 radical (unpaired) electrons. The number of carbonyl (C=O) groups is 2. The summed E-state index contributed by atoms with van der Waals surface area (Å²) in [5, 5.41) is 3.31. The number of amides is 2. The van der Waals surface area contributed by atoms with Gasteiger partial charge in [-0.2, -0.15) is 0 Å². The number of hydrogen-bond acceptors (Lipinski definition) is 3. The van der Waals surface area contributed by atoms with Gasteiger partial charge in [0.1, 0.15) is 0 Å². The summed E-state index contributed by atoms with van der Waals surface area (Å²) in [6, 6.07) is 0.0597. The minimum Gasteiger partial charge on any atom is -0.317 e. The molecule has 0 aliphatic carbocycles. The first-order valence-electron chi connectivity index (χ1n) is 6.61. The monoisotopic (exact) mass is 238 g/mol. The quantitative estimate of drug-likeness (QED) is 0.731. The van der Waals surface area contributed by atoms with Crippen LogP contribution in [0.2, 0.25) is 0 Å². The number of likely N-dealkylation sites (tertiary alicyclic amines) is 1. The van der Waals surface area contributed by atoms with Crippen LogP contribution in [0.3, 0.4) is 0 Å². The molecule has 1 N–H and O–H groups in total. The van der Waals surface area contributed by atoms with E-state index in [-0.39, 0.29) is 29.7 Å². The minimum atomic E-state index is -0.147. The maximum atomic E-state index is 12.1. The SMILES string of the molecule is CC1C(=O)N(C(C)C2CCNCC2)C(=O)C1C. The van der Waals surface area contributed by atoms with Crippen molar-refractivity contribution in [3.63, 3.8) is 0 Å². The smallest absolute Gasteiger partial charge is 0.233 e. The van der Waals surface area contributed by atoms with Gasteiger partial charge >= 0.3 is 0 Å². The van der Waals surface area contributed by atoms with Gasteiger partial charge in [-0.3, -0.25) is 14.5 Å². The lowest BCUT2D eigenvalue weighted by atomic mass is 9.90. The highest BCUT2D eigenvalue weighted by atomic mass is 16.2. The molecule has 17 heavy (non-hydrogen) atoms. The number of nitrogens with zero attached hydrogens (tertiary/aromatic N) is 1. The van der Waals surface area contributed by atoms with Crippen molar-refractivity contribution in [3.05, 3.63) is 0 Å². The molecule has 0 aromatic carbocycles. The molecule has 4 heteroatoms. The minimum absolute atomic E-state index is 0.0218. The fourth-order valence-corrected chi connectivity index (χ4v) is 2.91. The van der Waals surface area contributed by atoms with Crippen LogP contribution >= 0.6 is 0 Å². The number of nitrogens with one attached hydrogen (secondary N) is 1. The second-order valence-electron chi connectivity index (χ2n) is 5.45. The van der Waals surface area contributed by atoms with Crippen molar-refractivity contribution < 1.29 is 9.59 Å². The number of hydrogen-bond donors (Lipinski definition) is 1. The van der Waals surface area contributed by atoms with Crippen molar-refractivity contribution in [3.8, 4) is 0 Å². The maximum absolute atomic E-state index is 12.1. The Morgan fingerprint density at radius 1 is 1.12 bits per heavy atom. The highest BCUT2D eigenvalue weighted by Crippen LogP contribution is 2.31. The van der Waals surface area contributed by atoms with Gasteiger partial charge in [0.2, 0.25) is 11.8 Å². The predicted molar refractivity (Wildman–Crippen MR) is 65.2 cm³/mol. The molecule has 4 nitrogen and oxygen atoms in total. The molecule has 2 heterocycles. The highest BCUT2D eigenvalue weighted by molar-refractivity contribution is 6.05. The summed E-state index contributed by atoms with van der Waals surface area (Å²) < 4.78 is 0. The van der Waals surface area contributed by atoms with Gasteiger partial charge in [-0.25, -0.2) is 0 Å². The Bertz CT molecular complexity index is 303. The van der Waals surface area contributed by atoms with Crippen LogP contribution in [-0.4, -0.2) is 35.8 Å². The Morgan fingerprint density at radius 2 is 1.59 bits per heavy atom. The predicted octanol–water partition coefficient (Wildman–Crippen LogP) is 1.02. The zero-order chi connectivity index (χ0) is 12.6. The van der Waals surface area contributed by atoms with Crippen LogP contribution in [0.1, 0.15) is 33.6 Å². The lowest BCUT2D eigenvalue weighted by Crippen LogP contribution is -2.46. The third kappa shape index (κ3) is 2.10. The van der Waals surface area contributed by atoms with Gasteiger partial charge in [-0.1, -0.05) is 13.8 Å². The van der Waals surface area contributed by atoms with E-state index in [0.29, 0.717) is 5.92 Å². The van der Waals surface area contributed by atoms with Crippen molar-refractivity contribution in [2.24, 2.45) is 17.8 Å².